The topological polar surface area (TPSA) is 63.9 Å². The second kappa shape index (κ2) is 9.20. The van der Waals surface area contributed by atoms with E-state index in [1.807, 2.05) is 49.5 Å². The molecule has 1 N–H and O–H groups in total. The Bertz CT molecular complexity index is 832. The maximum Gasteiger partial charge on any atom is 0.228 e. The van der Waals surface area contributed by atoms with Crippen molar-refractivity contribution in [2.45, 2.75) is 32.4 Å². The first-order valence-corrected chi connectivity index (χ1v) is 9.97. The summed E-state index contributed by atoms with van der Waals surface area (Å²) in [5.41, 5.74) is 3.24. The van der Waals surface area contributed by atoms with Gasteiger partial charge < -0.3 is 10.0 Å². The van der Waals surface area contributed by atoms with Crippen LogP contribution < -0.4 is 4.90 Å². The largest absolute Gasteiger partial charge is 0.392 e. The summed E-state index contributed by atoms with van der Waals surface area (Å²) >= 11 is 0. The highest BCUT2D eigenvalue weighted by Gasteiger charge is 2.31. The highest BCUT2D eigenvalue weighted by atomic mass is 16.3. The molecule has 154 valence electrons. The Morgan fingerprint density at radius 3 is 2.14 bits per heavy atom. The molecule has 2 unspecified atom stereocenters. The van der Waals surface area contributed by atoms with Crippen LogP contribution in [0.25, 0.3) is 0 Å². The molecule has 4 rings (SSSR count). The molecule has 6 heteroatoms. The lowest BCUT2D eigenvalue weighted by Gasteiger charge is -2.31. The minimum absolute atomic E-state index is 0.0454. The molecule has 0 bridgehead atoms. The van der Waals surface area contributed by atoms with Gasteiger partial charge in [0.05, 0.1) is 23.5 Å². The number of likely N-dealkylation sites (N-methyl/N-ethyl adjacent to an activating group) is 1. The van der Waals surface area contributed by atoms with Crippen LogP contribution in [0.2, 0.25) is 0 Å². The third kappa shape index (κ3) is 5.22. The van der Waals surface area contributed by atoms with E-state index in [1.54, 1.807) is 23.6 Å². The second-order valence-corrected chi connectivity index (χ2v) is 7.60. The number of amides is 2. The van der Waals surface area contributed by atoms with Gasteiger partial charge in [-0.15, -0.1) is 0 Å². The fourth-order valence-corrected chi connectivity index (χ4v) is 3.71. The number of rotatable bonds is 4. The molecule has 2 atom stereocenters. The number of benzene rings is 2. The van der Waals surface area contributed by atoms with Crippen molar-refractivity contribution in [1.82, 2.24) is 9.80 Å². The molecule has 0 spiro atoms. The molecule has 29 heavy (non-hydrogen) atoms. The van der Waals surface area contributed by atoms with Crippen LogP contribution in [-0.4, -0.2) is 59.5 Å². The quantitative estimate of drug-likeness (QED) is 0.809. The molecule has 0 radical (unpaired) electrons. The number of hydrogen-bond donors (Lipinski definition) is 1. The van der Waals surface area contributed by atoms with Gasteiger partial charge in [-0.25, -0.2) is 0 Å². The van der Waals surface area contributed by atoms with Crippen molar-refractivity contribution in [3.63, 3.8) is 0 Å². The third-order valence-corrected chi connectivity index (χ3v) is 5.46. The Kier molecular flexibility index (Phi) is 6.67. The van der Waals surface area contributed by atoms with Crippen LogP contribution in [0.3, 0.4) is 0 Å². The molecular weight excluding hydrogens is 366 g/mol. The van der Waals surface area contributed by atoms with Crippen molar-refractivity contribution < 1.29 is 14.7 Å². The lowest BCUT2D eigenvalue weighted by molar-refractivity contribution is -0.130. The number of β-amino-alcohol motifs (C(OH)–C–C–N with tert-alkyl or cyclic N) is 1. The van der Waals surface area contributed by atoms with Crippen molar-refractivity contribution in [2.75, 3.05) is 31.6 Å². The molecule has 6 nitrogen and oxygen atoms in total. The molecule has 2 amide bonds. The minimum atomic E-state index is -0.223. The normalized spacial score (nSPS) is 18.3. The SMILES string of the molecule is CC(=O)N(C)C(CN1CCC(O)C1)c1ccccc1.CC(=O)N1c2ccccc21. The second-order valence-electron chi connectivity index (χ2n) is 7.60. The minimum Gasteiger partial charge on any atom is -0.392 e. The summed E-state index contributed by atoms with van der Waals surface area (Å²) in [5.74, 6) is 0.162. The average molecular weight is 396 g/mol. The highest BCUT2D eigenvalue weighted by Crippen LogP contribution is 2.46. The predicted octanol–water partition coefficient (Wildman–Crippen LogP) is 2.96. The van der Waals surface area contributed by atoms with Gasteiger partial charge in [-0.3, -0.25) is 19.4 Å². The summed E-state index contributed by atoms with van der Waals surface area (Å²) in [6, 6.07) is 17.9. The number of anilines is 2. The third-order valence-electron chi connectivity index (χ3n) is 5.46. The van der Waals surface area contributed by atoms with E-state index in [0.29, 0.717) is 6.54 Å². The zero-order valence-electron chi connectivity index (χ0n) is 17.3. The lowest BCUT2D eigenvalue weighted by Crippen LogP contribution is -2.38. The van der Waals surface area contributed by atoms with Crippen LogP contribution in [0.1, 0.15) is 31.9 Å². The van der Waals surface area contributed by atoms with Gasteiger partial charge >= 0.3 is 0 Å². The van der Waals surface area contributed by atoms with Gasteiger partial charge in [0.15, 0.2) is 0 Å². The van der Waals surface area contributed by atoms with Crippen LogP contribution in [0.15, 0.2) is 54.6 Å². The van der Waals surface area contributed by atoms with E-state index >= 15 is 0 Å². The van der Waals surface area contributed by atoms with Gasteiger partial charge in [-0.05, 0) is 24.1 Å². The lowest BCUT2D eigenvalue weighted by atomic mass is 10.1. The number of carbonyl (C=O) groups excluding carboxylic acids is 2. The molecule has 2 aliphatic rings. The van der Waals surface area contributed by atoms with E-state index in [4.69, 9.17) is 0 Å². The molecule has 0 saturated carbocycles. The summed E-state index contributed by atoms with van der Waals surface area (Å²) in [5, 5.41) is 9.61. The van der Waals surface area contributed by atoms with E-state index in [1.165, 1.54) is 0 Å². The standard InChI is InChI=1S/C15H22N2O2.C8H7NO/c1-12(18)16(2)15(13-6-4-3-5-7-13)11-17-9-8-14(19)10-17;1-6(10)9-7-4-2-3-5-8(7)9/h3-7,14-15,19H,8-11H2,1-2H3;2-5H,1H3. The van der Waals surface area contributed by atoms with Crippen molar-refractivity contribution in [1.29, 1.82) is 0 Å². The molecule has 2 aromatic rings. The zero-order chi connectivity index (χ0) is 21.0. The fraction of sp³-hybridized carbons (Fsp3) is 0.391. The van der Waals surface area contributed by atoms with Crippen LogP contribution in [0.4, 0.5) is 11.4 Å². The number of fused-ring (bicyclic) bond motifs is 1. The Balaban J connectivity index is 0.000000200. The monoisotopic (exact) mass is 395 g/mol. The first kappa shape index (κ1) is 21.0. The van der Waals surface area contributed by atoms with Gasteiger partial charge in [0, 0.05) is 40.5 Å². The predicted molar refractivity (Wildman–Crippen MR) is 114 cm³/mol. The molecule has 2 aromatic carbocycles. The zero-order valence-corrected chi connectivity index (χ0v) is 17.3. The molecule has 2 heterocycles. The van der Waals surface area contributed by atoms with E-state index in [2.05, 4.69) is 17.0 Å². The molecule has 1 fully saturated rings. The molecule has 0 aromatic heterocycles. The van der Waals surface area contributed by atoms with Gasteiger partial charge in [0.25, 0.3) is 0 Å². The number of aliphatic hydroxyl groups is 1. The number of nitrogens with zero attached hydrogens (tertiary/aromatic N) is 3. The molecule has 1 saturated heterocycles. The number of likely N-dealkylation sites (tertiary alicyclic amines) is 1. The maximum atomic E-state index is 11.7. The van der Waals surface area contributed by atoms with Crippen molar-refractivity contribution in [3.8, 4) is 0 Å². The summed E-state index contributed by atoms with van der Waals surface area (Å²) in [6.07, 6.45) is 0.602. The van der Waals surface area contributed by atoms with E-state index in [-0.39, 0.29) is 24.0 Å². The Labute approximate surface area is 172 Å². The smallest absolute Gasteiger partial charge is 0.228 e. The van der Waals surface area contributed by atoms with Crippen LogP contribution in [0, 0.1) is 0 Å². The Morgan fingerprint density at radius 2 is 1.66 bits per heavy atom. The van der Waals surface area contributed by atoms with E-state index in [0.717, 1.165) is 36.4 Å². The molecular formula is C23H29N3O3. The average Bonchev–Trinajstić information content (AvgIpc) is 3.32. The van der Waals surface area contributed by atoms with E-state index < -0.39 is 0 Å². The number of hydrogen-bond acceptors (Lipinski definition) is 4. The highest BCUT2D eigenvalue weighted by molar-refractivity contribution is 6.14. The summed E-state index contributed by atoms with van der Waals surface area (Å²) in [4.78, 5) is 28.1. The number of carbonyl (C=O) groups is 2. The van der Waals surface area contributed by atoms with E-state index in [9.17, 15) is 14.7 Å². The Hall–Kier alpha value is -2.70. The van der Waals surface area contributed by atoms with Gasteiger partial charge in [0.1, 0.15) is 0 Å². The number of aliphatic hydroxyl groups excluding tert-OH is 1. The molecule has 0 aliphatic carbocycles. The maximum absolute atomic E-state index is 11.7. The van der Waals surface area contributed by atoms with Crippen LogP contribution in [-0.2, 0) is 9.59 Å². The summed E-state index contributed by atoms with van der Waals surface area (Å²) in [6.45, 7) is 5.54. The summed E-state index contributed by atoms with van der Waals surface area (Å²) in [7, 11) is 1.84. The molecule has 2 aliphatic heterocycles. The number of para-hydroxylation sites is 2. The fourth-order valence-electron chi connectivity index (χ4n) is 3.71. The first-order valence-electron chi connectivity index (χ1n) is 9.97. The first-order chi connectivity index (χ1) is 13.9. The van der Waals surface area contributed by atoms with Gasteiger partial charge in [-0.1, -0.05) is 42.5 Å². The van der Waals surface area contributed by atoms with Crippen molar-refractivity contribution in [2.24, 2.45) is 0 Å². The van der Waals surface area contributed by atoms with Gasteiger partial charge in [-0.2, -0.15) is 0 Å². The van der Waals surface area contributed by atoms with Crippen LogP contribution >= 0.6 is 0 Å². The van der Waals surface area contributed by atoms with Crippen LogP contribution in [0.5, 0.6) is 0 Å². The van der Waals surface area contributed by atoms with Crippen molar-refractivity contribution >= 4 is 23.2 Å². The Morgan fingerprint density at radius 1 is 1.07 bits per heavy atom. The van der Waals surface area contributed by atoms with Gasteiger partial charge in [0.2, 0.25) is 11.8 Å². The van der Waals surface area contributed by atoms with Crippen molar-refractivity contribution in [3.05, 3.63) is 60.2 Å². The summed E-state index contributed by atoms with van der Waals surface area (Å²) < 4.78 is 0.